The lowest BCUT2D eigenvalue weighted by molar-refractivity contribution is -0.121. The number of nitrogens with one attached hydrogen (secondary N) is 1. The fourth-order valence-corrected chi connectivity index (χ4v) is 0.655. The molecule has 0 aliphatic heterocycles. The number of carbonyl (C=O) groups excluding carboxylic acids is 1. The normalized spacial score (nSPS) is 11.7. The van der Waals surface area contributed by atoms with Gasteiger partial charge in [0.25, 0.3) is 0 Å². The van der Waals surface area contributed by atoms with Crippen molar-refractivity contribution in [2.24, 2.45) is 11.0 Å². The zero-order valence-corrected chi connectivity index (χ0v) is 7.87. The van der Waals surface area contributed by atoms with Crippen molar-refractivity contribution < 1.29 is 4.79 Å². The molecule has 0 aliphatic carbocycles. The minimum Gasteiger partial charge on any atom is -0.273 e. The third-order valence-electron chi connectivity index (χ3n) is 1.14. The zero-order valence-electron chi connectivity index (χ0n) is 7.87. The first-order chi connectivity index (χ1) is 5.66. The van der Waals surface area contributed by atoms with Gasteiger partial charge in [-0.2, -0.15) is 5.10 Å². The Kier molecular flexibility index (Phi) is 5.97. The minimum absolute atomic E-state index is 0.0363. The summed E-state index contributed by atoms with van der Waals surface area (Å²) in [4.78, 5) is 11.0. The second kappa shape index (κ2) is 6.58. The van der Waals surface area contributed by atoms with Gasteiger partial charge in [0, 0.05) is 12.6 Å². The quantitative estimate of drug-likeness (QED) is 0.504. The van der Waals surface area contributed by atoms with E-state index in [0.29, 0.717) is 12.3 Å². The first-order valence-corrected chi connectivity index (χ1v) is 4.10. The molecular weight excluding hydrogens is 152 g/mol. The molecule has 0 aromatic carbocycles. The van der Waals surface area contributed by atoms with Crippen LogP contribution >= 0.6 is 0 Å². The van der Waals surface area contributed by atoms with Gasteiger partial charge in [0.2, 0.25) is 5.91 Å². The van der Waals surface area contributed by atoms with E-state index < -0.39 is 0 Å². The Morgan fingerprint density at radius 2 is 2.25 bits per heavy atom. The summed E-state index contributed by atoms with van der Waals surface area (Å²) in [6, 6.07) is 0. The highest BCUT2D eigenvalue weighted by Gasteiger charge is 2.01. The molecule has 68 valence electrons. The van der Waals surface area contributed by atoms with Crippen molar-refractivity contribution in [3.05, 3.63) is 12.2 Å². The van der Waals surface area contributed by atoms with Gasteiger partial charge in [-0.05, 0) is 18.9 Å². The molecule has 3 heteroatoms. The maximum absolute atomic E-state index is 11.0. The van der Waals surface area contributed by atoms with Crippen LogP contribution in [0.4, 0.5) is 0 Å². The van der Waals surface area contributed by atoms with E-state index in [9.17, 15) is 4.79 Å². The van der Waals surface area contributed by atoms with E-state index in [1.165, 1.54) is 0 Å². The van der Waals surface area contributed by atoms with Crippen LogP contribution in [-0.2, 0) is 4.79 Å². The zero-order chi connectivity index (χ0) is 9.40. The predicted octanol–water partition coefficient (Wildman–Crippen LogP) is 1.71. The van der Waals surface area contributed by atoms with Crippen LogP contribution in [-0.4, -0.2) is 12.1 Å². The lowest BCUT2D eigenvalue weighted by Gasteiger charge is -2.00. The minimum atomic E-state index is -0.0363. The van der Waals surface area contributed by atoms with Crippen molar-refractivity contribution >= 4 is 12.1 Å². The van der Waals surface area contributed by atoms with Crippen LogP contribution in [0, 0.1) is 5.92 Å². The largest absolute Gasteiger partial charge is 0.273 e. The second-order valence-corrected chi connectivity index (χ2v) is 2.94. The number of amides is 1. The predicted molar refractivity (Wildman–Crippen MR) is 50.9 cm³/mol. The lowest BCUT2D eigenvalue weighted by Crippen LogP contribution is -2.18. The molecule has 0 aromatic heterocycles. The van der Waals surface area contributed by atoms with E-state index >= 15 is 0 Å². The van der Waals surface area contributed by atoms with E-state index in [-0.39, 0.29) is 5.91 Å². The third kappa shape index (κ3) is 6.99. The first kappa shape index (κ1) is 10.9. The van der Waals surface area contributed by atoms with E-state index in [1.807, 2.05) is 26.8 Å². The van der Waals surface area contributed by atoms with Crippen molar-refractivity contribution in [2.75, 3.05) is 0 Å². The summed E-state index contributed by atoms with van der Waals surface area (Å²) in [5.74, 6) is 0.340. The maximum Gasteiger partial charge on any atom is 0.240 e. The summed E-state index contributed by atoms with van der Waals surface area (Å²) in [5.41, 5.74) is 2.43. The van der Waals surface area contributed by atoms with Crippen molar-refractivity contribution in [3.63, 3.8) is 0 Å². The summed E-state index contributed by atoms with van der Waals surface area (Å²) in [6.07, 6.45) is 5.68. The maximum atomic E-state index is 11.0. The SMILES string of the molecule is C/C=C/C=N/NC(=O)CC(C)C. The van der Waals surface area contributed by atoms with E-state index in [2.05, 4.69) is 10.5 Å². The molecule has 0 unspecified atom stereocenters. The Hall–Kier alpha value is -1.12. The second-order valence-electron chi connectivity index (χ2n) is 2.94. The Bertz CT molecular complexity index is 183. The van der Waals surface area contributed by atoms with E-state index in [1.54, 1.807) is 12.3 Å². The number of allylic oxidation sites excluding steroid dienone is 2. The molecule has 3 nitrogen and oxygen atoms in total. The Morgan fingerprint density at radius 1 is 1.58 bits per heavy atom. The number of hydrazone groups is 1. The smallest absolute Gasteiger partial charge is 0.240 e. The van der Waals surface area contributed by atoms with Gasteiger partial charge >= 0.3 is 0 Å². The molecule has 12 heavy (non-hydrogen) atoms. The molecule has 0 aromatic rings. The van der Waals surface area contributed by atoms with Gasteiger partial charge < -0.3 is 0 Å². The van der Waals surface area contributed by atoms with Gasteiger partial charge in [0.05, 0.1) is 0 Å². The van der Waals surface area contributed by atoms with Crippen molar-refractivity contribution in [1.29, 1.82) is 0 Å². The molecule has 0 saturated heterocycles. The highest BCUT2D eigenvalue weighted by Crippen LogP contribution is 1.97. The summed E-state index contributed by atoms with van der Waals surface area (Å²) < 4.78 is 0. The van der Waals surface area contributed by atoms with Crippen molar-refractivity contribution in [3.8, 4) is 0 Å². The summed E-state index contributed by atoms with van der Waals surface area (Å²) >= 11 is 0. The molecule has 0 fully saturated rings. The van der Waals surface area contributed by atoms with Gasteiger partial charge in [0.15, 0.2) is 0 Å². The molecule has 0 aliphatic rings. The van der Waals surface area contributed by atoms with Gasteiger partial charge in [-0.15, -0.1) is 0 Å². The van der Waals surface area contributed by atoms with Crippen molar-refractivity contribution in [1.82, 2.24) is 5.43 Å². The molecule has 0 heterocycles. The third-order valence-corrected chi connectivity index (χ3v) is 1.14. The monoisotopic (exact) mass is 168 g/mol. The van der Waals surface area contributed by atoms with E-state index in [4.69, 9.17) is 0 Å². The van der Waals surface area contributed by atoms with Crippen LogP contribution < -0.4 is 5.43 Å². The number of carbonyl (C=O) groups is 1. The molecule has 0 bridgehead atoms. The van der Waals surface area contributed by atoms with Crippen LogP contribution in [0.1, 0.15) is 27.2 Å². The molecule has 0 spiro atoms. The fourth-order valence-electron chi connectivity index (χ4n) is 0.655. The van der Waals surface area contributed by atoms with Gasteiger partial charge in [-0.25, -0.2) is 5.43 Å². The van der Waals surface area contributed by atoms with Crippen LogP contribution in [0.2, 0.25) is 0 Å². The van der Waals surface area contributed by atoms with E-state index in [0.717, 1.165) is 0 Å². The Labute approximate surface area is 73.5 Å². The topological polar surface area (TPSA) is 41.5 Å². The number of rotatable bonds is 4. The lowest BCUT2D eigenvalue weighted by atomic mass is 10.1. The molecule has 1 amide bonds. The van der Waals surface area contributed by atoms with Crippen LogP contribution in [0.25, 0.3) is 0 Å². The highest BCUT2D eigenvalue weighted by molar-refractivity contribution is 5.78. The average molecular weight is 168 g/mol. The summed E-state index contributed by atoms with van der Waals surface area (Å²) in [7, 11) is 0. The molecule has 0 rings (SSSR count). The van der Waals surface area contributed by atoms with Crippen LogP contribution in [0.5, 0.6) is 0 Å². The summed E-state index contributed by atoms with van der Waals surface area (Å²) in [6.45, 7) is 5.88. The number of hydrogen-bond donors (Lipinski definition) is 1. The molecule has 0 atom stereocenters. The molecule has 0 radical (unpaired) electrons. The number of nitrogens with zero attached hydrogens (tertiary/aromatic N) is 1. The van der Waals surface area contributed by atoms with Crippen molar-refractivity contribution in [2.45, 2.75) is 27.2 Å². The molecule has 0 saturated carbocycles. The number of hydrogen-bond acceptors (Lipinski definition) is 2. The fraction of sp³-hybridized carbons (Fsp3) is 0.556. The first-order valence-electron chi connectivity index (χ1n) is 4.10. The molecule has 1 N–H and O–H groups in total. The molecular formula is C9H16N2O. The average Bonchev–Trinajstić information content (AvgIpc) is 1.97. The Balaban J connectivity index is 3.57. The van der Waals surface area contributed by atoms with Gasteiger partial charge in [-0.3, -0.25) is 4.79 Å². The van der Waals surface area contributed by atoms with Crippen LogP contribution in [0.3, 0.4) is 0 Å². The van der Waals surface area contributed by atoms with Gasteiger partial charge in [-0.1, -0.05) is 19.9 Å². The van der Waals surface area contributed by atoms with Crippen LogP contribution in [0.15, 0.2) is 17.3 Å². The Morgan fingerprint density at radius 3 is 2.75 bits per heavy atom. The summed E-state index contributed by atoms with van der Waals surface area (Å²) in [5, 5.41) is 3.70. The van der Waals surface area contributed by atoms with Gasteiger partial charge in [0.1, 0.15) is 0 Å². The highest BCUT2D eigenvalue weighted by atomic mass is 16.2. The standard InChI is InChI=1S/C9H16N2O/c1-4-5-6-10-11-9(12)7-8(2)3/h4-6,8H,7H2,1-3H3,(H,11,12)/b5-4+,10-6+.